The van der Waals surface area contributed by atoms with Crippen molar-refractivity contribution in [3.8, 4) is 17.1 Å². The van der Waals surface area contributed by atoms with Crippen LogP contribution in [0.15, 0.2) is 42.9 Å². The van der Waals surface area contributed by atoms with Gasteiger partial charge in [-0.3, -0.25) is 4.98 Å². The van der Waals surface area contributed by atoms with Crippen LogP contribution in [0.1, 0.15) is 32.6 Å². The molecule has 124 valence electrons. The van der Waals surface area contributed by atoms with Gasteiger partial charge in [0.05, 0.1) is 11.9 Å². The second-order valence-corrected chi connectivity index (χ2v) is 6.79. The highest BCUT2D eigenvalue weighted by Crippen LogP contribution is 2.28. The molecule has 1 saturated carbocycles. The van der Waals surface area contributed by atoms with Gasteiger partial charge in [-0.1, -0.05) is 0 Å². The first kappa shape index (κ1) is 15.1. The standard InChI is InChI=1S/C18H21N5O/c1-18(19)8-4-14(5-9-18)24-17-3-2-16-21-12-15(23(16)22-17)13-6-10-20-11-7-13/h2-3,6-7,10-12,14H,4-5,8-9,19H2,1H3. The van der Waals surface area contributed by atoms with Crippen LogP contribution in [0, 0.1) is 0 Å². The Morgan fingerprint density at radius 2 is 1.92 bits per heavy atom. The summed E-state index contributed by atoms with van der Waals surface area (Å²) >= 11 is 0. The van der Waals surface area contributed by atoms with Crippen LogP contribution in [-0.4, -0.2) is 31.2 Å². The lowest BCUT2D eigenvalue weighted by Gasteiger charge is -2.33. The number of nitrogens with two attached hydrogens (primary N) is 1. The molecule has 0 saturated heterocycles. The number of fused-ring (bicyclic) bond motifs is 1. The van der Waals surface area contributed by atoms with Gasteiger partial charge in [-0.15, -0.1) is 5.10 Å². The number of pyridine rings is 1. The number of aromatic nitrogens is 4. The van der Waals surface area contributed by atoms with Crippen LogP contribution in [0.5, 0.6) is 5.88 Å². The van der Waals surface area contributed by atoms with Crippen LogP contribution in [-0.2, 0) is 0 Å². The Bertz CT molecular complexity index is 833. The highest BCUT2D eigenvalue weighted by Gasteiger charge is 2.28. The number of nitrogens with zero attached hydrogens (tertiary/aromatic N) is 4. The second-order valence-electron chi connectivity index (χ2n) is 6.79. The number of ether oxygens (including phenoxy) is 1. The minimum absolute atomic E-state index is 0.0594. The van der Waals surface area contributed by atoms with Gasteiger partial charge in [0.1, 0.15) is 6.10 Å². The van der Waals surface area contributed by atoms with E-state index in [1.165, 1.54) is 0 Å². The fourth-order valence-corrected chi connectivity index (χ4v) is 3.18. The molecule has 0 amide bonds. The fourth-order valence-electron chi connectivity index (χ4n) is 3.18. The predicted octanol–water partition coefficient (Wildman–Crippen LogP) is 2.83. The van der Waals surface area contributed by atoms with Crippen LogP contribution in [0.25, 0.3) is 16.9 Å². The molecule has 1 fully saturated rings. The number of hydrogen-bond acceptors (Lipinski definition) is 5. The third-order valence-corrected chi connectivity index (χ3v) is 4.68. The zero-order valence-electron chi connectivity index (χ0n) is 13.7. The lowest BCUT2D eigenvalue weighted by Crippen LogP contribution is -2.42. The van der Waals surface area contributed by atoms with Crippen molar-refractivity contribution in [2.75, 3.05) is 0 Å². The van der Waals surface area contributed by atoms with E-state index in [9.17, 15) is 0 Å². The van der Waals surface area contributed by atoms with E-state index in [-0.39, 0.29) is 11.6 Å². The van der Waals surface area contributed by atoms with Crippen LogP contribution in [0.3, 0.4) is 0 Å². The SMILES string of the molecule is CC1(N)CCC(Oc2ccc3ncc(-c4ccncc4)n3n2)CC1. The smallest absolute Gasteiger partial charge is 0.232 e. The van der Waals surface area contributed by atoms with Gasteiger partial charge in [0.25, 0.3) is 0 Å². The maximum Gasteiger partial charge on any atom is 0.232 e. The van der Waals surface area contributed by atoms with Gasteiger partial charge in [-0.25, -0.2) is 9.50 Å². The van der Waals surface area contributed by atoms with Gasteiger partial charge in [0.2, 0.25) is 5.88 Å². The molecule has 0 aromatic carbocycles. The molecule has 4 rings (SSSR count). The maximum absolute atomic E-state index is 6.19. The Labute approximate surface area is 140 Å². The summed E-state index contributed by atoms with van der Waals surface area (Å²) in [6.07, 6.45) is 9.42. The third kappa shape index (κ3) is 2.97. The zero-order chi connectivity index (χ0) is 16.6. The molecule has 0 radical (unpaired) electrons. The molecule has 1 aliphatic carbocycles. The average molecular weight is 323 g/mol. The van der Waals surface area contributed by atoms with E-state index in [1.807, 2.05) is 35.0 Å². The van der Waals surface area contributed by atoms with E-state index < -0.39 is 0 Å². The number of imidazole rings is 1. The Hall–Kier alpha value is -2.47. The lowest BCUT2D eigenvalue weighted by molar-refractivity contribution is 0.118. The van der Waals surface area contributed by atoms with Crippen molar-refractivity contribution in [3.63, 3.8) is 0 Å². The minimum atomic E-state index is -0.0594. The quantitative estimate of drug-likeness (QED) is 0.802. The molecule has 24 heavy (non-hydrogen) atoms. The summed E-state index contributed by atoms with van der Waals surface area (Å²) in [5.41, 5.74) is 8.88. The summed E-state index contributed by atoms with van der Waals surface area (Å²) < 4.78 is 7.91. The lowest BCUT2D eigenvalue weighted by atomic mass is 9.83. The first-order valence-corrected chi connectivity index (χ1v) is 8.31. The van der Waals surface area contributed by atoms with E-state index in [1.54, 1.807) is 12.4 Å². The monoisotopic (exact) mass is 323 g/mol. The molecule has 2 N–H and O–H groups in total. The van der Waals surface area contributed by atoms with Gasteiger partial charge in [0.15, 0.2) is 5.65 Å². The summed E-state index contributed by atoms with van der Waals surface area (Å²) in [5.74, 6) is 0.626. The van der Waals surface area contributed by atoms with E-state index in [2.05, 4.69) is 22.0 Å². The Morgan fingerprint density at radius 3 is 2.67 bits per heavy atom. The van der Waals surface area contributed by atoms with Crippen LogP contribution >= 0.6 is 0 Å². The molecular weight excluding hydrogens is 302 g/mol. The summed E-state index contributed by atoms with van der Waals surface area (Å²) in [5, 5.41) is 4.62. The van der Waals surface area contributed by atoms with Crippen molar-refractivity contribution in [2.24, 2.45) is 5.73 Å². The maximum atomic E-state index is 6.19. The van der Waals surface area contributed by atoms with Crippen molar-refractivity contribution < 1.29 is 4.74 Å². The van der Waals surface area contributed by atoms with Gasteiger partial charge in [0, 0.05) is 29.6 Å². The first-order chi connectivity index (χ1) is 11.6. The van der Waals surface area contributed by atoms with Gasteiger partial charge in [-0.2, -0.15) is 0 Å². The molecule has 6 heteroatoms. The van der Waals surface area contributed by atoms with Gasteiger partial charge in [-0.05, 0) is 50.8 Å². The summed E-state index contributed by atoms with van der Waals surface area (Å²) in [7, 11) is 0. The molecule has 3 aromatic heterocycles. The molecule has 3 heterocycles. The average Bonchev–Trinajstić information content (AvgIpc) is 3.01. The van der Waals surface area contributed by atoms with Crippen LogP contribution in [0.4, 0.5) is 0 Å². The zero-order valence-corrected chi connectivity index (χ0v) is 13.7. The largest absolute Gasteiger partial charge is 0.473 e. The topological polar surface area (TPSA) is 78.3 Å². The summed E-state index contributed by atoms with van der Waals surface area (Å²) in [6, 6.07) is 7.71. The predicted molar refractivity (Wildman–Crippen MR) is 91.7 cm³/mol. The highest BCUT2D eigenvalue weighted by molar-refractivity contribution is 5.62. The molecule has 0 atom stereocenters. The van der Waals surface area contributed by atoms with E-state index in [0.717, 1.165) is 42.6 Å². The normalized spacial score (nSPS) is 24.2. The van der Waals surface area contributed by atoms with E-state index >= 15 is 0 Å². The summed E-state index contributed by atoms with van der Waals surface area (Å²) in [4.78, 5) is 8.47. The Kier molecular flexibility index (Phi) is 3.69. The minimum Gasteiger partial charge on any atom is -0.473 e. The van der Waals surface area contributed by atoms with Crippen LogP contribution in [0.2, 0.25) is 0 Å². The van der Waals surface area contributed by atoms with E-state index in [0.29, 0.717) is 5.88 Å². The molecule has 0 bridgehead atoms. The highest BCUT2D eigenvalue weighted by atomic mass is 16.5. The number of rotatable bonds is 3. The molecule has 0 spiro atoms. The molecule has 6 nitrogen and oxygen atoms in total. The first-order valence-electron chi connectivity index (χ1n) is 8.31. The molecule has 3 aromatic rings. The molecule has 0 aliphatic heterocycles. The van der Waals surface area contributed by atoms with Crippen molar-refractivity contribution in [1.82, 2.24) is 19.6 Å². The van der Waals surface area contributed by atoms with Crippen molar-refractivity contribution in [1.29, 1.82) is 0 Å². The molecule has 0 unspecified atom stereocenters. The van der Waals surface area contributed by atoms with Gasteiger partial charge < -0.3 is 10.5 Å². The van der Waals surface area contributed by atoms with Crippen molar-refractivity contribution in [3.05, 3.63) is 42.9 Å². The third-order valence-electron chi connectivity index (χ3n) is 4.68. The van der Waals surface area contributed by atoms with Gasteiger partial charge >= 0.3 is 0 Å². The van der Waals surface area contributed by atoms with Crippen molar-refractivity contribution in [2.45, 2.75) is 44.2 Å². The Morgan fingerprint density at radius 1 is 1.17 bits per heavy atom. The number of hydrogen-bond donors (Lipinski definition) is 1. The van der Waals surface area contributed by atoms with E-state index in [4.69, 9.17) is 10.5 Å². The summed E-state index contributed by atoms with van der Waals surface area (Å²) in [6.45, 7) is 2.11. The second kappa shape index (κ2) is 5.87. The van der Waals surface area contributed by atoms with Crippen molar-refractivity contribution >= 4 is 5.65 Å². The Balaban J connectivity index is 1.59. The van der Waals surface area contributed by atoms with Crippen LogP contribution < -0.4 is 10.5 Å². The fraction of sp³-hybridized carbons (Fsp3) is 0.389. The molecular formula is C18H21N5O. The molecule has 1 aliphatic rings.